The first-order chi connectivity index (χ1) is 10.6. The second-order valence-electron chi connectivity index (χ2n) is 5.42. The van der Waals surface area contributed by atoms with Gasteiger partial charge in [0.1, 0.15) is 6.61 Å². The third-order valence-electron chi connectivity index (χ3n) is 3.97. The van der Waals surface area contributed by atoms with Gasteiger partial charge in [0.2, 0.25) is 5.13 Å². The molecule has 0 bridgehead atoms. The first-order valence-electron chi connectivity index (χ1n) is 7.16. The van der Waals surface area contributed by atoms with Gasteiger partial charge in [-0.25, -0.2) is 4.98 Å². The van der Waals surface area contributed by atoms with Crippen molar-refractivity contribution in [3.8, 4) is 0 Å². The minimum Gasteiger partial charge on any atom is -0.385 e. The van der Waals surface area contributed by atoms with Gasteiger partial charge in [-0.05, 0) is 18.9 Å². The first-order valence-corrected chi connectivity index (χ1v) is 8.31. The molecule has 3 rings (SSSR count). The minimum atomic E-state index is -0.866. The van der Waals surface area contributed by atoms with Crippen molar-refractivity contribution in [1.29, 1.82) is 0 Å². The SMILES string of the molecule is COCc1nsc(N2CCC(O)(c3ccccc3Cl)CC2)n1. The van der Waals surface area contributed by atoms with Gasteiger partial charge in [0.25, 0.3) is 0 Å². The van der Waals surface area contributed by atoms with E-state index in [2.05, 4.69) is 14.3 Å². The Balaban J connectivity index is 1.70. The van der Waals surface area contributed by atoms with Gasteiger partial charge in [-0.1, -0.05) is 29.8 Å². The van der Waals surface area contributed by atoms with Crippen LogP contribution in [0.3, 0.4) is 0 Å². The highest BCUT2D eigenvalue weighted by Crippen LogP contribution is 2.38. The smallest absolute Gasteiger partial charge is 0.205 e. The maximum absolute atomic E-state index is 10.9. The van der Waals surface area contributed by atoms with Crippen molar-refractivity contribution < 1.29 is 9.84 Å². The van der Waals surface area contributed by atoms with Crippen LogP contribution in [0.4, 0.5) is 5.13 Å². The zero-order valence-corrected chi connectivity index (χ0v) is 13.9. The van der Waals surface area contributed by atoms with Gasteiger partial charge in [0.05, 0.1) is 5.60 Å². The minimum absolute atomic E-state index is 0.425. The molecule has 0 unspecified atom stereocenters. The second kappa shape index (κ2) is 6.50. The molecule has 22 heavy (non-hydrogen) atoms. The number of methoxy groups -OCH3 is 1. The van der Waals surface area contributed by atoms with E-state index in [-0.39, 0.29) is 0 Å². The topological polar surface area (TPSA) is 58.5 Å². The Kier molecular flexibility index (Phi) is 4.63. The molecular weight excluding hydrogens is 322 g/mol. The number of nitrogens with zero attached hydrogens (tertiary/aromatic N) is 3. The number of halogens is 1. The number of hydrogen-bond donors (Lipinski definition) is 1. The molecule has 0 spiro atoms. The lowest BCUT2D eigenvalue weighted by Gasteiger charge is -2.38. The van der Waals surface area contributed by atoms with Gasteiger partial charge in [-0.2, -0.15) is 4.37 Å². The van der Waals surface area contributed by atoms with E-state index in [4.69, 9.17) is 16.3 Å². The van der Waals surface area contributed by atoms with Crippen LogP contribution in [0, 0.1) is 0 Å². The molecule has 1 aliphatic heterocycles. The van der Waals surface area contributed by atoms with E-state index in [1.165, 1.54) is 11.5 Å². The Labute approximate surface area is 138 Å². The number of ether oxygens (including phenoxy) is 1. The Morgan fingerprint density at radius 3 is 2.77 bits per heavy atom. The summed E-state index contributed by atoms with van der Waals surface area (Å²) < 4.78 is 9.31. The number of anilines is 1. The zero-order valence-electron chi connectivity index (χ0n) is 12.3. The molecular formula is C15H18ClN3O2S. The predicted octanol–water partition coefficient (Wildman–Crippen LogP) is 2.83. The van der Waals surface area contributed by atoms with Crippen molar-refractivity contribution in [3.63, 3.8) is 0 Å². The molecule has 0 radical (unpaired) electrons. The van der Waals surface area contributed by atoms with Crippen LogP contribution in [0.25, 0.3) is 0 Å². The van der Waals surface area contributed by atoms with Crippen molar-refractivity contribution in [2.24, 2.45) is 0 Å². The Morgan fingerprint density at radius 1 is 1.36 bits per heavy atom. The molecule has 0 aliphatic carbocycles. The summed E-state index contributed by atoms with van der Waals surface area (Å²) in [7, 11) is 1.63. The molecule has 0 atom stereocenters. The summed E-state index contributed by atoms with van der Waals surface area (Å²) in [4.78, 5) is 6.62. The summed E-state index contributed by atoms with van der Waals surface area (Å²) in [5, 5.41) is 12.4. The summed E-state index contributed by atoms with van der Waals surface area (Å²) in [6.45, 7) is 1.88. The molecule has 2 aromatic rings. The maximum Gasteiger partial charge on any atom is 0.205 e. The van der Waals surface area contributed by atoms with Crippen molar-refractivity contribution in [3.05, 3.63) is 40.7 Å². The van der Waals surface area contributed by atoms with Crippen LogP contribution >= 0.6 is 23.1 Å². The average Bonchev–Trinajstić information content (AvgIpc) is 2.97. The fourth-order valence-corrected chi connectivity index (χ4v) is 3.77. The van der Waals surface area contributed by atoms with Gasteiger partial charge >= 0.3 is 0 Å². The highest BCUT2D eigenvalue weighted by Gasteiger charge is 2.36. The van der Waals surface area contributed by atoms with E-state index in [1.54, 1.807) is 7.11 Å². The van der Waals surface area contributed by atoms with Gasteiger partial charge in [0, 0.05) is 42.3 Å². The van der Waals surface area contributed by atoms with Crippen LogP contribution < -0.4 is 4.90 Å². The molecule has 0 amide bonds. The van der Waals surface area contributed by atoms with E-state index in [0.717, 1.165) is 23.8 Å². The number of aliphatic hydroxyl groups is 1. The predicted molar refractivity (Wildman–Crippen MR) is 87.4 cm³/mol. The molecule has 1 fully saturated rings. The molecule has 1 saturated heterocycles. The lowest BCUT2D eigenvalue weighted by Crippen LogP contribution is -2.42. The molecule has 1 aromatic heterocycles. The van der Waals surface area contributed by atoms with E-state index in [1.807, 2.05) is 24.3 Å². The van der Waals surface area contributed by atoms with Gasteiger partial charge in [0.15, 0.2) is 5.82 Å². The number of rotatable bonds is 4. The molecule has 2 heterocycles. The van der Waals surface area contributed by atoms with Gasteiger partial charge in [-0.3, -0.25) is 0 Å². The average molecular weight is 340 g/mol. The largest absolute Gasteiger partial charge is 0.385 e. The Hall–Kier alpha value is -1.21. The normalized spacial score (nSPS) is 17.7. The summed E-state index contributed by atoms with van der Waals surface area (Å²) in [5.74, 6) is 0.703. The highest BCUT2D eigenvalue weighted by molar-refractivity contribution is 7.09. The first kappa shape index (κ1) is 15.7. The zero-order chi connectivity index (χ0) is 15.6. The molecule has 1 aliphatic rings. The molecule has 118 valence electrons. The van der Waals surface area contributed by atoms with Gasteiger partial charge < -0.3 is 14.7 Å². The summed E-state index contributed by atoms with van der Waals surface area (Å²) >= 11 is 7.60. The van der Waals surface area contributed by atoms with Crippen molar-refractivity contribution in [1.82, 2.24) is 9.36 Å². The molecule has 5 nitrogen and oxygen atoms in total. The van der Waals surface area contributed by atoms with Crippen LogP contribution in [0.1, 0.15) is 24.2 Å². The standard InChI is InChI=1S/C15H18ClN3O2S/c1-21-10-13-17-14(22-18-13)19-8-6-15(20,7-9-19)11-4-2-3-5-12(11)16/h2-5,20H,6-10H2,1H3. The highest BCUT2D eigenvalue weighted by atomic mass is 35.5. The van der Waals surface area contributed by atoms with Crippen LogP contribution in [-0.2, 0) is 16.9 Å². The van der Waals surface area contributed by atoms with Crippen LogP contribution in [0.15, 0.2) is 24.3 Å². The second-order valence-corrected chi connectivity index (χ2v) is 6.56. The van der Waals surface area contributed by atoms with Crippen molar-refractivity contribution in [2.75, 3.05) is 25.1 Å². The third-order valence-corrected chi connectivity index (χ3v) is 5.11. The monoisotopic (exact) mass is 339 g/mol. The fraction of sp³-hybridized carbons (Fsp3) is 0.467. The van der Waals surface area contributed by atoms with Crippen LogP contribution in [-0.4, -0.2) is 34.7 Å². The molecule has 7 heteroatoms. The Bertz CT molecular complexity index is 641. The van der Waals surface area contributed by atoms with Crippen molar-refractivity contribution in [2.45, 2.75) is 25.0 Å². The number of piperidine rings is 1. The Morgan fingerprint density at radius 2 is 2.09 bits per heavy atom. The quantitative estimate of drug-likeness (QED) is 0.928. The molecule has 1 aromatic carbocycles. The number of benzene rings is 1. The summed E-state index contributed by atoms with van der Waals surface area (Å²) in [6, 6.07) is 7.51. The fourth-order valence-electron chi connectivity index (χ4n) is 2.74. The lowest BCUT2D eigenvalue weighted by molar-refractivity contribution is 0.0119. The van der Waals surface area contributed by atoms with E-state index >= 15 is 0 Å². The third kappa shape index (κ3) is 3.10. The van der Waals surface area contributed by atoms with Crippen molar-refractivity contribution >= 4 is 28.3 Å². The van der Waals surface area contributed by atoms with E-state index in [0.29, 0.717) is 30.3 Å². The van der Waals surface area contributed by atoms with Gasteiger partial charge in [-0.15, -0.1) is 0 Å². The number of hydrogen-bond acceptors (Lipinski definition) is 6. The summed E-state index contributed by atoms with van der Waals surface area (Å²) in [5.41, 5.74) is -0.0526. The lowest BCUT2D eigenvalue weighted by atomic mass is 9.84. The maximum atomic E-state index is 10.9. The number of aromatic nitrogens is 2. The summed E-state index contributed by atoms with van der Waals surface area (Å²) in [6.07, 6.45) is 1.24. The van der Waals surface area contributed by atoms with E-state index in [9.17, 15) is 5.11 Å². The molecule has 0 saturated carbocycles. The molecule has 1 N–H and O–H groups in total. The van der Waals surface area contributed by atoms with E-state index < -0.39 is 5.60 Å². The van der Waals surface area contributed by atoms with Crippen LogP contribution in [0.2, 0.25) is 5.02 Å². The van der Waals surface area contributed by atoms with Crippen LogP contribution in [0.5, 0.6) is 0 Å².